The number of Topliss-reactive ketones (excluding diaryl/α,β-unsaturated/α-hetero) is 1. The molecule has 26 heavy (non-hydrogen) atoms. The first-order chi connectivity index (χ1) is 12.2. The molecule has 4 aliphatic carbocycles. The molecule has 1 saturated heterocycles. The monoisotopic (exact) mass is 362 g/mol. The highest BCUT2D eigenvalue weighted by atomic mass is 16.8. The number of carbonyl (C=O) groups is 1. The third kappa shape index (κ3) is 2.10. The van der Waals surface area contributed by atoms with E-state index in [2.05, 4.69) is 13.8 Å². The molecule has 4 heteroatoms. The SMILES string of the molecule is CC1(C)O[C@@H]2C3C(CC[C@]4(C)C(=O)C[C@@H](O)C34)[C@@]3(C)CCCCC3[C@H]2O1. The van der Waals surface area contributed by atoms with Crippen LogP contribution in [0, 0.1) is 34.5 Å². The predicted octanol–water partition coefficient (Wildman–Crippen LogP) is 3.70. The summed E-state index contributed by atoms with van der Waals surface area (Å²) in [5.74, 6) is 1.04. The molecule has 0 bridgehead atoms. The van der Waals surface area contributed by atoms with Gasteiger partial charge in [0.25, 0.3) is 0 Å². The lowest BCUT2D eigenvalue weighted by atomic mass is 9.44. The molecule has 4 nitrogen and oxygen atoms in total. The van der Waals surface area contributed by atoms with Gasteiger partial charge in [0.15, 0.2) is 5.79 Å². The Morgan fingerprint density at radius 2 is 1.69 bits per heavy atom. The minimum atomic E-state index is -0.565. The topological polar surface area (TPSA) is 55.8 Å². The summed E-state index contributed by atoms with van der Waals surface area (Å²) in [6.45, 7) is 8.64. The molecule has 0 aromatic rings. The van der Waals surface area contributed by atoms with Gasteiger partial charge in [-0.1, -0.05) is 26.7 Å². The van der Waals surface area contributed by atoms with E-state index < -0.39 is 11.9 Å². The van der Waals surface area contributed by atoms with Crippen molar-refractivity contribution in [3.05, 3.63) is 0 Å². The van der Waals surface area contributed by atoms with Gasteiger partial charge >= 0.3 is 0 Å². The van der Waals surface area contributed by atoms with Crippen LogP contribution in [-0.2, 0) is 14.3 Å². The van der Waals surface area contributed by atoms with Gasteiger partial charge in [-0.05, 0) is 62.7 Å². The van der Waals surface area contributed by atoms with E-state index in [1.54, 1.807) is 0 Å². The summed E-state index contributed by atoms with van der Waals surface area (Å²) in [4.78, 5) is 12.8. The van der Waals surface area contributed by atoms with Gasteiger partial charge < -0.3 is 14.6 Å². The number of aliphatic hydroxyl groups is 1. The van der Waals surface area contributed by atoms with Crippen molar-refractivity contribution in [2.24, 2.45) is 34.5 Å². The van der Waals surface area contributed by atoms with Gasteiger partial charge in [0, 0.05) is 17.8 Å². The Bertz CT molecular complexity index is 630. The van der Waals surface area contributed by atoms with Crippen LogP contribution in [0.1, 0.15) is 72.6 Å². The summed E-state index contributed by atoms with van der Waals surface area (Å²) >= 11 is 0. The smallest absolute Gasteiger partial charge is 0.163 e. The van der Waals surface area contributed by atoms with Crippen LogP contribution in [0.4, 0.5) is 0 Å². The number of carbonyl (C=O) groups excluding carboxylic acids is 1. The van der Waals surface area contributed by atoms with Crippen molar-refractivity contribution >= 4 is 5.78 Å². The van der Waals surface area contributed by atoms with Gasteiger partial charge in [-0.2, -0.15) is 0 Å². The second-order valence-corrected chi connectivity index (χ2v) is 10.8. The summed E-state index contributed by atoms with van der Waals surface area (Å²) in [7, 11) is 0. The lowest BCUT2D eigenvalue weighted by Crippen LogP contribution is -2.63. The average Bonchev–Trinajstić information content (AvgIpc) is 3.00. The molecular formula is C22H34O4. The van der Waals surface area contributed by atoms with Crippen LogP contribution in [0.5, 0.6) is 0 Å². The highest BCUT2D eigenvalue weighted by molar-refractivity contribution is 5.88. The fourth-order valence-electron chi connectivity index (χ4n) is 8.06. The van der Waals surface area contributed by atoms with Crippen LogP contribution in [0.25, 0.3) is 0 Å². The van der Waals surface area contributed by atoms with Crippen LogP contribution in [0.2, 0.25) is 0 Å². The van der Waals surface area contributed by atoms with Gasteiger partial charge in [0.05, 0.1) is 18.3 Å². The van der Waals surface area contributed by atoms with Crippen molar-refractivity contribution in [2.45, 2.75) is 96.7 Å². The maximum atomic E-state index is 12.8. The van der Waals surface area contributed by atoms with Crippen molar-refractivity contribution in [1.82, 2.24) is 0 Å². The van der Waals surface area contributed by atoms with E-state index >= 15 is 0 Å². The van der Waals surface area contributed by atoms with Crippen LogP contribution in [0.3, 0.4) is 0 Å². The van der Waals surface area contributed by atoms with Crippen molar-refractivity contribution < 1.29 is 19.4 Å². The standard InChI is InChI=1S/C22H34O4/c1-20(2)25-18-13-7-5-6-9-21(13,3)12-8-10-22(4)15(24)11-14(23)17(22)16(12)19(18)26-20/h12-14,16-19,23H,5-11H2,1-4H3/t12?,13?,14-,16?,17?,18-,19-,21-,22-/m1/s1. The van der Waals surface area contributed by atoms with Crippen molar-refractivity contribution in [1.29, 1.82) is 0 Å². The molecule has 146 valence electrons. The maximum absolute atomic E-state index is 12.8. The highest BCUT2D eigenvalue weighted by Gasteiger charge is 2.69. The molecule has 9 atom stereocenters. The van der Waals surface area contributed by atoms with Gasteiger partial charge in [-0.25, -0.2) is 0 Å². The maximum Gasteiger partial charge on any atom is 0.163 e. The van der Waals surface area contributed by atoms with E-state index in [1.807, 2.05) is 13.8 Å². The number of hydrogen-bond acceptors (Lipinski definition) is 4. The molecule has 4 saturated carbocycles. The minimum Gasteiger partial charge on any atom is -0.392 e. The number of hydrogen-bond donors (Lipinski definition) is 1. The second kappa shape index (κ2) is 5.33. The fourth-order valence-corrected chi connectivity index (χ4v) is 8.06. The van der Waals surface area contributed by atoms with Gasteiger partial charge in [-0.15, -0.1) is 0 Å². The molecule has 1 N–H and O–H groups in total. The van der Waals surface area contributed by atoms with Crippen LogP contribution < -0.4 is 0 Å². The summed E-state index contributed by atoms with van der Waals surface area (Å²) in [6, 6.07) is 0. The Morgan fingerprint density at radius 1 is 0.962 bits per heavy atom. The molecule has 5 fully saturated rings. The fraction of sp³-hybridized carbons (Fsp3) is 0.955. The molecule has 0 aromatic heterocycles. The van der Waals surface area contributed by atoms with Crippen molar-refractivity contribution in [3.63, 3.8) is 0 Å². The third-order valence-electron chi connectivity index (χ3n) is 9.15. The Balaban J connectivity index is 1.62. The van der Waals surface area contributed by atoms with Gasteiger partial charge in [0.2, 0.25) is 0 Å². The highest BCUT2D eigenvalue weighted by Crippen LogP contribution is 2.67. The second-order valence-electron chi connectivity index (χ2n) is 10.8. The zero-order valence-corrected chi connectivity index (χ0v) is 16.7. The third-order valence-corrected chi connectivity index (χ3v) is 9.15. The van der Waals surface area contributed by atoms with Crippen molar-refractivity contribution in [2.75, 3.05) is 0 Å². The summed E-state index contributed by atoms with van der Waals surface area (Å²) in [6.07, 6.45) is 7.02. The summed E-state index contributed by atoms with van der Waals surface area (Å²) < 4.78 is 13.0. The number of aliphatic hydroxyl groups excluding tert-OH is 1. The molecule has 0 spiro atoms. The number of rotatable bonds is 0. The Hall–Kier alpha value is -0.450. The molecule has 5 rings (SSSR count). The predicted molar refractivity (Wildman–Crippen MR) is 97.3 cm³/mol. The van der Waals surface area contributed by atoms with Crippen LogP contribution >= 0.6 is 0 Å². The molecule has 1 aliphatic heterocycles. The van der Waals surface area contributed by atoms with E-state index in [4.69, 9.17) is 9.47 Å². The van der Waals surface area contributed by atoms with Gasteiger partial charge in [0.1, 0.15) is 5.78 Å². The van der Waals surface area contributed by atoms with Crippen LogP contribution in [0.15, 0.2) is 0 Å². The molecule has 1 heterocycles. The molecule has 0 aromatic carbocycles. The lowest BCUT2D eigenvalue weighted by Gasteiger charge is -2.62. The minimum absolute atomic E-state index is 0.0244. The van der Waals surface area contributed by atoms with Gasteiger partial charge in [-0.3, -0.25) is 4.79 Å². The zero-order chi connectivity index (χ0) is 18.5. The lowest BCUT2D eigenvalue weighted by molar-refractivity contribution is -0.188. The number of fused-ring (bicyclic) bond motifs is 8. The summed E-state index contributed by atoms with van der Waals surface area (Å²) in [5, 5.41) is 10.9. The normalized spacial score (nSPS) is 57.9. The first-order valence-corrected chi connectivity index (χ1v) is 10.7. The molecule has 5 aliphatic rings. The molecule has 0 radical (unpaired) electrons. The first kappa shape index (κ1) is 17.6. The molecular weight excluding hydrogens is 328 g/mol. The van der Waals surface area contributed by atoms with Crippen LogP contribution in [-0.4, -0.2) is 35.0 Å². The Morgan fingerprint density at radius 3 is 2.46 bits per heavy atom. The number of ketones is 1. The first-order valence-electron chi connectivity index (χ1n) is 10.7. The van der Waals surface area contributed by atoms with E-state index in [-0.39, 0.29) is 40.7 Å². The van der Waals surface area contributed by atoms with E-state index in [9.17, 15) is 9.90 Å². The largest absolute Gasteiger partial charge is 0.392 e. The Labute approximate surface area is 157 Å². The van der Waals surface area contributed by atoms with E-state index in [0.717, 1.165) is 12.8 Å². The van der Waals surface area contributed by atoms with E-state index in [1.165, 1.54) is 25.7 Å². The molecule has 0 amide bonds. The number of ether oxygens (including phenoxy) is 2. The van der Waals surface area contributed by atoms with E-state index in [0.29, 0.717) is 18.3 Å². The Kier molecular flexibility index (Phi) is 3.61. The quantitative estimate of drug-likeness (QED) is 0.714. The van der Waals surface area contributed by atoms with Crippen molar-refractivity contribution in [3.8, 4) is 0 Å². The zero-order valence-electron chi connectivity index (χ0n) is 16.7. The molecule has 4 unspecified atom stereocenters. The average molecular weight is 363 g/mol. The summed E-state index contributed by atoms with van der Waals surface area (Å²) in [5.41, 5.74) is -0.125.